The predicted octanol–water partition coefficient (Wildman–Crippen LogP) is 1.26. The Labute approximate surface area is 104 Å². The molecule has 0 heterocycles. The second kappa shape index (κ2) is 6.13. The van der Waals surface area contributed by atoms with Crippen molar-refractivity contribution in [3.63, 3.8) is 0 Å². The van der Waals surface area contributed by atoms with E-state index in [4.69, 9.17) is 4.84 Å². The highest BCUT2D eigenvalue weighted by Gasteiger charge is 2.31. The van der Waals surface area contributed by atoms with Gasteiger partial charge in [0.05, 0.1) is 24.2 Å². The Hall–Kier alpha value is -0.170. The molecule has 0 aromatic rings. The maximum absolute atomic E-state index is 10.4. The summed E-state index contributed by atoms with van der Waals surface area (Å²) >= 11 is 0. The lowest BCUT2D eigenvalue weighted by Gasteiger charge is -2.37. The van der Waals surface area contributed by atoms with Crippen molar-refractivity contribution in [2.75, 3.05) is 26.5 Å². The van der Waals surface area contributed by atoms with Crippen LogP contribution in [0.1, 0.15) is 38.5 Å². The summed E-state index contributed by atoms with van der Waals surface area (Å²) in [6.07, 6.45) is 6.38. The van der Waals surface area contributed by atoms with Crippen molar-refractivity contribution < 1.29 is 22.5 Å². The van der Waals surface area contributed by atoms with E-state index in [0.717, 1.165) is 12.8 Å². The molecule has 0 unspecified atom stereocenters. The summed E-state index contributed by atoms with van der Waals surface area (Å²) in [7, 11) is -0.100. The molecule has 1 saturated carbocycles. The van der Waals surface area contributed by atoms with E-state index in [0.29, 0.717) is 17.3 Å². The SMILES string of the molecule is C[N+](C)(OCCCS(=O)(=O)[O-])C1CCCCC1. The van der Waals surface area contributed by atoms with Crippen LogP contribution < -0.4 is 0 Å². The third-order valence-corrected chi connectivity index (χ3v) is 4.21. The fourth-order valence-corrected chi connectivity index (χ4v) is 2.82. The van der Waals surface area contributed by atoms with Gasteiger partial charge in [-0.25, -0.2) is 13.3 Å². The van der Waals surface area contributed by atoms with Gasteiger partial charge in [-0.05, 0) is 19.3 Å². The number of quaternary nitrogens is 1. The predicted molar refractivity (Wildman–Crippen MR) is 64.1 cm³/mol. The molecule has 1 fully saturated rings. The van der Waals surface area contributed by atoms with E-state index in [1.165, 1.54) is 19.3 Å². The van der Waals surface area contributed by atoms with Crippen molar-refractivity contribution in [2.45, 2.75) is 44.6 Å². The van der Waals surface area contributed by atoms with E-state index < -0.39 is 10.1 Å². The molecule has 0 aromatic heterocycles. The van der Waals surface area contributed by atoms with Gasteiger partial charge in [0, 0.05) is 18.6 Å². The fraction of sp³-hybridized carbons (Fsp3) is 1.00. The molecule has 6 heteroatoms. The number of hydrogen-bond donors (Lipinski definition) is 0. The first kappa shape index (κ1) is 14.9. The molecule has 0 aliphatic heterocycles. The molecule has 1 rings (SSSR count). The van der Waals surface area contributed by atoms with Gasteiger partial charge in [0.2, 0.25) is 0 Å². The summed E-state index contributed by atoms with van der Waals surface area (Å²) in [6, 6.07) is 0.493. The Morgan fingerprint density at radius 1 is 1.24 bits per heavy atom. The number of hydroxylamine groups is 3. The molecule has 5 nitrogen and oxygen atoms in total. The molecule has 0 radical (unpaired) electrons. The molecule has 1 aliphatic carbocycles. The zero-order valence-electron chi connectivity index (χ0n) is 10.7. The molecule has 0 saturated heterocycles. The second-order valence-electron chi connectivity index (χ2n) is 5.17. The van der Waals surface area contributed by atoms with E-state index >= 15 is 0 Å². The number of rotatable bonds is 6. The summed E-state index contributed by atoms with van der Waals surface area (Å²) in [5.74, 6) is -0.336. The smallest absolute Gasteiger partial charge is 0.119 e. The molecule has 1 aliphatic rings. The molecule has 0 atom stereocenters. The van der Waals surface area contributed by atoms with Crippen LogP contribution in [-0.4, -0.2) is 50.1 Å². The van der Waals surface area contributed by atoms with E-state index in [-0.39, 0.29) is 12.2 Å². The summed E-state index contributed by atoms with van der Waals surface area (Å²) < 4.78 is 31.8. The zero-order valence-corrected chi connectivity index (χ0v) is 11.5. The summed E-state index contributed by atoms with van der Waals surface area (Å²) in [5.41, 5.74) is 0. The third kappa shape index (κ3) is 5.81. The first-order valence-electron chi connectivity index (χ1n) is 6.23. The van der Waals surface area contributed by atoms with Crippen molar-refractivity contribution >= 4 is 10.1 Å². The minimum Gasteiger partial charge on any atom is -0.748 e. The molecule has 0 N–H and O–H groups in total. The highest BCUT2D eigenvalue weighted by molar-refractivity contribution is 7.85. The standard InChI is InChI=1S/C11H23NO4S/c1-12(2,11-7-4-3-5-8-11)16-9-6-10-17(13,14)15/h11H,3-10H2,1-2H3. The fourth-order valence-electron chi connectivity index (χ4n) is 2.34. The molecule has 0 amide bonds. The summed E-state index contributed by atoms with van der Waals surface area (Å²) in [5, 5.41) is 0. The topological polar surface area (TPSA) is 66.4 Å². The van der Waals surface area contributed by atoms with Crippen molar-refractivity contribution in [1.29, 1.82) is 0 Å². The van der Waals surface area contributed by atoms with E-state index in [1.54, 1.807) is 0 Å². The van der Waals surface area contributed by atoms with Gasteiger partial charge in [-0.15, -0.1) is 0 Å². The van der Waals surface area contributed by atoms with Crippen LogP contribution in [0.5, 0.6) is 0 Å². The van der Waals surface area contributed by atoms with Gasteiger partial charge < -0.3 is 4.55 Å². The van der Waals surface area contributed by atoms with Crippen LogP contribution in [0.3, 0.4) is 0 Å². The average Bonchev–Trinajstić information content (AvgIpc) is 2.25. The molecule has 0 aromatic carbocycles. The van der Waals surface area contributed by atoms with Gasteiger partial charge >= 0.3 is 0 Å². The van der Waals surface area contributed by atoms with Crippen LogP contribution in [0.2, 0.25) is 0 Å². The lowest BCUT2D eigenvalue weighted by atomic mass is 9.94. The Morgan fingerprint density at radius 2 is 1.82 bits per heavy atom. The first-order chi connectivity index (χ1) is 7.81. The highest BCUT2D eigenvalue weighted by atomic mass is 32.2. The minimum atomic E-state index is -4.10. The van der Waals surface area contributed by atoms with Gasteiger partial charge in [-0.3, -0.25) is 0 Å². The lowest BCUT2D eigenvalue weighted by Crippen LogP contribution is -2.49. The molecule has 17 heavy (non-hydrogen) atoms. The minimum absolute atomic E-state index is 0.278. The Kier molecular flexibility index (Phi) is 5.37. The zero-order chi connectivity index (χ0) is 12.9. The van der Waals surface area contributed by atoms with Gasteiger partial charge in [0.25, 0.3) is 0 Å². The quantitative estimate of drug-likeness (QED) is 0.314. The summed E-state index contributed by atoms with van der Waals surface area (Å²) in [6.45, 7) is 0.324. The van der Waals surface area contributed by atoms with Gasteiger partial charge in [0.15, 0.2) is 0 Å². The van der Waals surface area contributed by atoms with Crippen molar-refractivity contribution in [2.24, 2.45) is 0 Å². The molecule has 102 valence electrons. The van der Waals surface area contributed by atoms with Crippen LogP contribution in [0.25, 0.3) is 0 Å². The average molecular weight is 265 g/mol. The van der Waals surface area contributed by atoms with Crippen LogP contribution >= 0.6 is 0 Å². The third-order valence-electron chi connectivity index (χ3n) is 3.42. The van der Waals surface area contributed by atoms with Crippen molar-refractivity contribution in [3.05, 3.63) is 0 Å². The van der Waals surface area contributed by atoms with Crippen LogP contribution in [0, 0.1) is 0 Å². The summed E-state index contributed by atoms with van der Waals surface area (Å²) in [4.78, 5) is 5.70. The second-order valence-corrected chi connectivity index (χ2v) is 6.70. The van der Waals surface area contributed by atoms with Gasteiger partial charge in [-0.2, -0.15) is 4.65 Å². The molecular weight excluding hydrogens is 242 g/mol. The molecule has 0 spiro atoms. The van der Waals surface area contributed by atoms with E-state index in [9.17, 15) is 13.0 Å². The monoisotopic (exact) mass is 265 g/mol. The van der Waals surface area contributed by atoms with Crippen LogP contribution in [0.4, 0.5) is 0 Å². The van der Waals surface area contributed by atoms with E-state index in [2.05, 4.69) is 0 Å². The normalized spacial score (nSPS) is 19.5. The largest absolute Gasteiger partial charge is 0.748 e. The van der Waals surface area contributed by atoms with E-state index in [1.807, 2.05) is 14.1 Å². The van der Waals surface area contributed by atoms with Crippen molar-refractivity contribution in [3.8, 4) is 0 Å². The van der Waals surface area contributed by atoms with Crippen LogP contribution in [-0.2, 0) is 15.0 Å². The highest BCUT2D eigenvalue weighted by Crippen LogP contribution is 2.25. The van der Waals surface area contributed by atoms with Gasteiger partial charge in [-0.1, -0.05) is 6.42 Å². The van der Waals surface area contributed by atoms with Gasteiger partial charge in [0.1, 0.15) is 12.6 Å². The lowest BCUT2D eigenvalue weighted by molar-refractivity contribution is -1.10. The molecular formula is C11H23NO4S. The Balaban J connectivity index is 2.28. The Bertz CT molecular complexity index is 320. The van der Waals surface area contributed by atoms with Crippen molar-refractivity contribution in [1.82, 2.24) is 0 Å². The molecule has 0 bridgehead atoms. The first-order valence-corrected chi connectivity index (χ1v) is 7.81. The maximum Gasteiger partial charge on any atom is 0.119 e. The van der Waals surface area contributed by atoms with Crippen LogP contribution in [0.15, 0.2) is 0 Å². The number of hydrogen-bond acceptors (Lipinski definition) is 4. The maximum atomic E-state index is 10.4. The number of nitrogens with zero attached hydrogens (tertiary/aromatic N) is 1. The Morgan fingerprint density at radius 3 is 2.35 bits per heavy atom.